The van der Waals surface area contributed by atoms with Gasteiger partial charge in [-0.25, -0.2) is 24.7 Å². The van der Waals surface area contributed by atoms with Crippen molar-refractivity contribution < 1.29 is 14.6 Å². The van der Waals surface area contributed by atoms with E-state index in [0.29, 0.717) is 47.3 Å². The van der Waals surface area contributed by atoms with E-state index in [4.69, 9.17) is 14.7 Å². The van der Waals surface area contributed by atoms with Gasteiger partial charge in [-0.2, -0.15) is 0 Å². The van der Waals surface area contributed by atoms with Crippen LogP contribution < -0.4 is 10.1 Å². The molecule has 2 fully saturated rings. The maximum atomic E-state index is 12.0. The van der Waals surface area contributed by atoms with Gasteiger partial charge in [-0.1, -0.05) is 40.0 Å². The lowest BCUT2D eigenvalue weighted by Gasteiger charge is -2.32. The van der Waals surface area contributed by atoms with Crippen LogP contribution in [0.3, 0.4) is 0 Å². The molecule has 2 aliphatic carbocycles. The van der Waals surface area contributed by atoms with Crippen molar-refractivity contribution in [3.8, 4) is 17.4 Å². The number of carboxylic acid groups (broad SMARTS) is 1. The number of nitrogens with one attached hydrogen (secondary N) is 1. The Labute approximate surface area is 230 Å². The number of pyridine rings is 1. The normalized spacial score (nSPS) is 20.7. The first-order valence-electron chi connectivity index (χ1n) is 14.7. The molecule has 2 N–H and O–H groups in total. The molecule has 0 aliphatic heterocycles. The van der Waals surface area contributed by atoms with Crippen LogP contribution in [0.2, 0.25) is 0 Å². The smallest absolute Gasteiger partial charge is 0.374 e. The van der Waals surface area contributed by atoms with E-state index >= 15 is 0 Å². The van der Waals surface area contributed by atoms with E-state index < -0.39 is 5.97 Å². The number of anilines is 1. The third-order valence-electron chi connectivity index (χ3n) is 8.60. The van der Waals surface area contributed by atoms with Crippen molar-refractivity contribution in [3.05, 3.63) is 23.5 Å². The molecule has 0 amide bonds. The van der Waals surface area contributed by atoms with Crippen LogP contribution in [0.25, 0.3) is 22.7 Å². The average molecular weight is 535 g/mol. The van der Waals surface area contributed by atoms with Crippen LogP contribution in [0.5, 0.6) is 5.88 Å². The van der Waals surface area contributed by atoms with Crippen LogP contribution in [-0.2, 0) is 6.54 Å². The van der Waals surface area contributed by atoms with Gasteiger partial charge in [0.15, 0.2) is 17.3 Å². The van der Waals surface area contributed by atoms with E-state index in [1.807, 2.05) is 13.0 Å². The fraction of sp³-hybridized carbons (Fsp3) is 0.633. The summed E-state index contributed by atoms with van der Waals surface area (Å²) < 4.78 is 8.03. The van der Waals surface area contributed by atoms with Gasteiger partial charge in [-0.3, -0.25) is 0 Å². The Bertz CT molecular complexity index is 1320. The van der Waals surface area contributed by atoms with Gasteiger partial charge in [0.2, 0.25) is 11.7 Å². The summed E-state index contributed by atoms with van der Waals surface area (Å²) in [4.78, 5) is 30.7. The highest BCUT2D eigenvalue weighted by Gasteiger charge is 2.29. The highest BCUT2D eigenvalue weighted by Crippen LogP contribution is 2.36. The zero-order chi connectivity index (χ0) is 27.7. The van der Waals surface area contributed by atoms with E-state index in [-0.39, 0.29) is 17.8 Å². The van der Waals surface area contributed by atoms with E-state index in [1.54, 1.807) is 0 Å². The highest BCUT2D eigenvalue weighted by atomic mass is 16.5. The number of nitrogens with zero attached hydrogens (tertiary/aromatic N) is 5. The first-order valence-corrected chi connectivity index (χ1v) is 14.7. The summed E-state index contributed by atoms with van der Waals surface area (Å²) in [6, 6.07) is 4.24. The van der Waals surface area contributed by atoms with Crippen LogP contribution in [0, 0.1) is 17.8 Å². The summed E-state index contributed by atoms with van der Waals surface area (Å²) in [6.45, 7) is 12.0. The maximum absolute atomic E-state index is 12.0. The summed E-state index contributed by atoms with van der Waals surface area (Å²) in [5.41, 5.74) is 2.97. The topological polar surface area (TPSA) is 115 Å². The Hall–Kier alpha value is -3.23. The Morgan fingerprint density at radius 3 is 2.44 bits per heavy atom. The third kappa shape index (κ3) is 5.87. The number of fused-ring (bicyclic) bond motifs is 1. The quantitative estimate of drug-likeness (QED) is 0.301. The molecule has 0 saturated heterocycles. The third-order valence-corrected chi connectivity index (χ3v) is 8.60. The molecule has 0 radical (unpaired) electrons. The molecule has 3 heterocycles. The molecule has 9 heteroatoms. The number of ether oxygens (including phenoxy) is 1. The molecule has 1 atom stereocenters. The second-order valence-corrected chi connectivity index (χ2v) is 11.9. The molecule has 3 aromatic heterocycles. The lowest BCUT2D eigenvalue weighted by atomic mass is 9.80. The summed E-state index contributed by atoms with van der Waals surface area (Å²) >= 11 is 0. The van der Waals surface area contributed by atoms with Gasteiger partial charge >= 0.3 is 5.97 Å². The Morgan fingerprint density at radius 2 is 1.82 bits per heavy atom. The molecular formula is C30H42N6O3. The van der Waals surface area contributed by atoms with Crippen LogP contribution in [0.1, 0.15) is 102 Å². The molecule has 0 aromatic carbocycles. The van der Waals surface area contributed by atoms with Crippen LogP contribution in [0.15, 0.2) is 12.1 Å². The van der Waals surface area contributed by atoms with E-state index in [9.17, 15) is 9.90 Å². The largest absolute Gasteiger partial charge is 0.478 e. The lowest BCUT2D eigenvalue weighted by Crippen LogP contribution is -2.31. The number of hydrogen-bond acceptors (Lipinski definition) is 7. The van der Waals surface area contributed by atoms with Gasteiger partial charge in [-0.05, 0) is 74.8 Å². The molecule has 3 aromatic rings. The molecular weight excluding hydrogens is 492 g/mol. The highest BCUT2D eigenvalue weighted by molar-refractivity contribution is 5.92. The summed E-state index contributed by atoms with van der Waals surface area (Å²) in [5.74, 6) is 2.47. The number of aromatic nitrogens is 5. The minimum Gasteiger partial charge on any atom is -0.478 e. The molecule has 0 bridgehead atoms. The van der Waals surface area contributed by atoms with Crippen molar-refractivity contribution in [2.75, 3.05) is 11.9 Å². The average Bonchev–Trinajstić information content (AvgIpc) is 3.22. The first-order chi connectivity index (χ1) is 18.7. The van der Waals surface area contributed by atoms with Gasteiger partial charge in [0, 0.05) is 18.7 Å². The number of imidazole rings is 1. The molecule has 5 rings (SSSR count). The van der Waals surface area contributed by atoms with Crippen LogP contribution >= 0.6 is 0 Å². The van der Waals surface area contributed by atoms with Crippen molar-refractivity contribution in [1.29, 1.82) is 0 Å². The number of hydrogen-bond donors (Lipinski definition) is 2. The molecule has 39 heavy (non-hydrogen) atoms. The van der Waals surface area contributed by atoms with Crippen molar-refractivity contribution in [2.24, 2.45) is 17.8 Å². The van der Waals surface area contributed by atoms with Crippen LogP contribution in [0.4, 0.5) is 5.82 Å². The predicted molar refractivity (Wildman–Crippen MR) is 152 cm³/mol. The number of aromatic carboxylic acids is 1. The van der Waals surface area contributed by atoms with E-state index in [1.165, 1.54) is 32.1 Å². The van der Waals surface area contributed by atoms with Crippen molar-refractivity contribution >= 4 is 23.0 Å². The first kappa shape index (κ1) is 27.3. The second kappa shape index (κ2) is 11.5. The molecule has 9 nitrogen and oxygen atoms in total. The van der Waals surface area contributed by atoms with Crippen LogP contribution in [-0.4, -0.2) is 48.2 Å². The molecule has 0 unspecified atom stereocenters. The summed E-state index contributed by atoms with van der Waals surface area (Å²) in [6.07, 6.45) is 8.31. The summed E-state index contributed by atoms with van der Waals surface area (Å²) in [7, 11) is 0. The van der Waals surface area contributed by atoms with Crippen molar-refractivity contribution in [3.63, 3.8) is 0 Å². The second-order valence-electron chi connectivity index (χ2n) is 11.9. The van der Waals surface area contributed by atoms with Crippen molar-refractivity contribution in [1.82, 2.24) is 24.5 Å². The van der Waals surface area contributed by atoms with E-state index in [0.717, 1.165) is 36.4 Å². The standard InChI is InChI=1S/C30H42N6O3/c1-6-39-24-15-22(17(2)3)14-23(32-24)29-35-27-25(36(29)16-20-12-10-18(4)11-13-20)26(33-28(34-27)30(37)38)31-19(5)21-8-7-9-21/h14-15,17-21H,6-13,16H2,1-5H3,(H,37,38)(H,31,33,34)/t18-,19-,20-/m1/s1. The Morgan fingerprint density at radius 1 is 1.08 bits per heavy atom. The molecule has 2 saturated carbocycles. The maximum Gasteiger partial charge on any atom is 0.374 e. The monoisotopic (exact) mass is 534 g/mol. The van der Waals surface area contributed by atoms with E-state index in [2.05, 4.69) is 53.6 Å². The lowest BCUT2D eigenvalue weighted by molar-refractivity contribution is 0.0684. The number of rotatable bonds is 10. The van der Waals surface area contributed by atoms with Gasteiger partial charge in [0.25, 0.3) is 0 Å². The van der Waals surface area contributed by atoms with Gasteiger partial charge in [0.1, 0.15) is 11.2 Å². The predicted octanol–water partition coefficient (Wildman–Crippen LogP) is 6.54. The van der Waals surface area contributed by atoms with Crippen molar-refractivity contribution in [2.45, 2.75) is 98.1 Å². The fourth-order valence-corrected chi connectivity index (χ4v) is 5.84. The molecule has 0 spiro atoms. The SMILES string of the molecule is CCOc1cc(C(C)C)cc(-c2nc3nc(C(=O)O)nc(N[C@H](C)C4CCC4)c3n2C[C@H]2CC[C@H](C)CC2)n1. The van der Waals surface area contributed by atoms with Gasteiger partial charge in [-0.15, -0.1) is 0 Å². The minimum atomic E-state index is -1.16. The Kier molecular flexibility index (Phi) is 8.05. The van der Waals surface area contributed by atoms with Gasteiger partial charge < -0.3 is 19.7 Å². The zero-order valence-electron chi connectivity index (χ0n) is 23.9. The zero-order valence-corrected chi connectivity index (χ0v) is 23.9. The summed E-state index contributed by atoms with van der Waals surface area (Å²) in [5, 5.41) is 13.4. The number of carbonyl (C=O) groups is 1. The molecule has 2 aliphatic rings. The molecule has 210 valence electrons. The Balaban J connectivity index is 1.69. The fourth-order valence-electron chi connectivity index (χ4n) is 5.84. The minimum absolute atomic E-state index is 0.174. The van der Waals surface area contributed by atoms with Gasteiger partial charge in [0.05, 0.1) is 6.61 Å². The number of carboxylic acids is 1.